The zero-order valence-corrected chi connectivity index (χ0v) is 16.6. The summed E-state index contributed by atoms with van der Waals surface area (Å²) in [6.07, 6.45) is 1.63. The first-order chi connectivity index (χ1) is 15.2. The third kappa shape index (κ3) is 5.22. The molecule has 2 aromatic heterocycles. The van der Waals surface area contributed by atoms with Gasteiger partial charge in [0.1, 0.15) is 12.3 Å². The SMILES string of the molecule is O=C(NCc1ccnc(OCc2ccccc2)c1)c1ccc(=O)n(-c2ccccc2)n1. The Morgan fingerprint density at radius 1 is 0.903 bits per heavy atom. The Bertz CT molecular complexity index is 1220. The highest BCUT2D eigenvalue weighted by Gasteiger charge is 2.11. The maximum atomic E-state index is 12.6. The van der Waals surface area contributed by atoms with Gasteiger partial charge in [-0.3, -0.25) is 9.59 Å². The molecule has 2 heterocycles. The molecular formula is C24H20N4O3. The van der Waals surface area contributed by atoms with Crippen molar-refractivity contribution in [1.82, 2.24) is 20.1 Å². The summed E-state index contributed by atoms with van der Waals surface area (Å²) < 4.78 is 6.93. The number of carbonyl (C=O) groups excluding carboxylic acids is 1. The van der Waals surface area contributed by atoms with Gasteiger partial charge < -0.3 is 10.1 Å². The lowest BCUT2D eigenvalue weighted by Gasteiger charge is -2.09. The van der Waals surface area contributed by atoms with Crippen LogP contribution in [-0.2, 0) is 13.2 Å². The van der Waals surface area contributed by atoms with Crippen molar-refractivity contribution in [2.24, 2.45) is 0 Å². The molecular weight excluding hydrogens is 392 g/mol. The fraction of sp³-hybridized carbons (Fsp3) is 0.0833. The molecule has 7 nitrogen and oxygen atoms in total. The highest BCUT2D eigenvalue weighted by Crippen LogP contribution is 2.12. The number of aromatic nitrogens is 3. The van der Waals surface area contributed by atoms with Gasteiger partial charge in [-0.1, -0.05) is 48.5 Å². The van der Waals surface area contributed by atoms with Gasteiger partial charge >= 0.3 is 0 Å². The van der Waals surface area contributed by atoms with E-state index in [9.17, 15) is 9.59 Å². The van der Waals surface area contributed by atoms with Crippen LogP contribution in [0.3, 0.4) is 0 Å². The molecule has 154 valence electrons. The monoisotopic (exact) mass is 412 g/mol. The van der Waals surface area contributed by atoms with Crippen molar-refractivity contribution in [1.29, 1.82) is 0 Å². The summed E-state index contributed by atoms with van der Waals surface area (Å²) in [5, 5.41) is 7.00. The molecule has 0 spiro atoms. The number of ether oxygens (including phenoxy) is 1. The van der Waals surface area contributed by atoms with Gasteiger partial charge in [0.15, 0.2) is 0 Å². The van der Waals surface area contributed by atoms with E-state index in [0.717, 1.165) is 11.1 Å². The second kappa shape index (κ2) is 9.49. The molecule has 1 N–H and O–H groups in total. The molecule has 0 fully saturated rings. The number of rotatable bonds is 7. The van der Waals surface area contributed by atoms with Gasteiger partial charge in [-0.2, -0.15) is 9.78 Å². The topological polar surface area (TPSA) is 86.1 Å². The lowest BCUT2D eigenvalue weighted by Crippen LogP contribution is -2.28. The average molecular weight is 412 g/mol. The molecule has 0 bridgehead atoms. The van der Waals surface area contributed by atoms with Crippen molar-refractivity contribution in [3.8, 4) is 11.6 Å². The highest BCUT2D eigenvalue weighted by atomic mass is 16.5. The summed E-state index contributed by atoms with van der Waals surface area (Å²) in [6.45, 7) is 0.684. The normalized spacial score (nSPS) is 10.5. The van der Waals surface area contributed by atoms with Crippen molar-refractivity contribution in [3.05, 3.63) is 118 Å². The predicted molar refractivity (Wildman–Crippen MR) is 116 cm³/mol. The summed E-state index contributed by atoms with van der Waals surface area (Å²) in [6, 6.07) is 25.1. The van der Waals surface area contributed by atoms with Crippen molar-refractivity contribution >= 4 is 5.91 Å². The molecule has 0 unspecified atom stereocenters. The van der Waals surface area contributed by atoms with Gasteiger partial charge in [-0.15, -0.1) is 0 Å². The minimum atomic E-state index is -0.381. The van der Waals surface area contributed by atoms with Crippen LogP contribution in [0, 0.1) is 0 Å². The van der Waals surface area contributed by atoms with Crippen LogP contribution in [0.1, 0.15) is 21.6 Å². The molecule has 0 saturated heterocycles. The van der Waals surface area contributed by atoms with Crippen LogP contribution in [0.15, 0.2) is 95.9 Å². The number of pyridine rings is 1. The number of nitrogens with zero attached hydrogens (tertiary/aromatic N) is 3. The third-order valence-electron chi connectivity index (χ3n) is 4.52. The second-order valence-electron chi connectivity index (χ2n) is 6.76. The maximum absolute atomic E-state index is 12.6. The fourth-order valence-electron chi connectivity index (χ4n) is 2.93. The first kappa shape index (κ1) is 20.0. The van der Waals surface area contributed by atoms with Gasteiger partial charge in [0.2, 0.25) is 5.88 Å². The van der Waals surface area contributed by atoms with E-state index in [1.807, 2.05) is 36.4 Å². The van der Waals surface area contributed by atoms with Crippen LogP contribution in [-0.4, -0.2) is 20.7 Å². The zero-order chi connectivity index (χ0) is 21.5. The number of hydrogen-bond acceptors (Lipinski definition) is 5. The molecule has 0 atom stereocenters. The predicted octanol–water partition coefficient (Wildman–Crippen LogP) is 3.14. The summed E-state index contributed by atoms with van der Waals surface area (Å²) >= 11 is 0. The number of para-hydroxylation sites is 1. The smallest absolute Gasteiger partial charge is 0.272 e. The van der Waals surface area contributed by atoms with E-state index in [-0.39, 0.29) is 23.7 Å². The van der Waals surface area contributed by atoms with Gasteiger partial charge in [-0.05, 0) is 35.4 Å². The lowest BCUT2D eigenvalue weighted by molar-refractivity contribution is 0.0944. The molecule has 2 aromatic carbocycles. The maximum Gasteiger partial charge on any atom is 0.272 e. The Kier molecular flexibility index (Phi) is 6.13. The Morgan fingerprint density at radius 3 is 2.42 bits per heavy atom. The molecule has 1 amide bonds. The number of nitrogens with one attached hydrogen (secondary N) is 1. The Hall–Kier alpha value is -4.26. The lowest BCUT2D eigenvalue weighted by atomic mass is 10.2. The van der Waals surface area contributed by atoms with Crippen molar-refractivity contribution in [2.75, 3.05) is 0 Å². The number of hydrogen-bond donors (Lipinski definition) is 1. The molecule has 31 heavy (non-hydrogen) atoms. The van der Waals surface area contributed by atoms with Gasteiger partial charge in [0.05, 0.1) is 5.69 Å². The van der Waals surface area contributed by atoms with E-state index in [0.29, 0.717) is 18.2 Å². The minimum Gasteiger partial charge on any atom is -0.473 e. The number of amides is 1. The van der Waals surface area contributed by atoms with Crippen LogP contribution < -0.4 is 15.6 Å². The van der Waals surface area contributed by atoms with E-state index in [2.05, 4.69) is 15.4 Å². The summed E-state index contributed by atoms with van der Waals surface area (Å²) in [5.74, 6) is 0.0969. The van der Waals surface area contributed by atoms with Crippen molar-refractivity contribution < 1.29 is 9.53 Å². The van der Waals surface area contributed by atoms with E-state index in [1.165, 1.54) is 16.8 Å². The summed E-state index contributed by atoms with van der Waals surface area (Å²) in [4.78, 5) is 28.9. The summed E-state index contributed by atoms with van der Waals surface area (Å²) in [5.41, 5.74) is 2.32. The molecule has 7 heteroatoms. The van der Waals surface area contributed by atoms with Gasteiger partial charge in [0.25, 0.3) is 11.5 Å². The zero-order valence-electron chi connectivity index (χ0n) is 16.6. The second-order valence-corrected chi connectivity index (χ2v) is 6.76. The van der Waals surface area contributed by atoms with Crippen LogP contribution in [0.4, 0.5) is 0 Å². The van der Waals surface area contributed by atoms with E-state index in [4.69, 9.17) is 4.74 Å². The molecule has 0 saturated carbocycles. The molecule has 4 aromatic rings. The highest BCUT2D eigenvalue weighted by molar-refractivity contribution is 5.92. The minimum absolute atomic E-state index is 0.151. The number of carbonyl (C=O) groups is 1. The van der Waals surface area contributed by atoms with Crippen LogP contribution in [0.25, 0.3) is 5.69 Å². The third-order valence-corrected chi connectivity index (χ3v) is 4.52. The average Bonchev–Trinajstić information content (AvgIpc) is 2.83. The van der Waals surface area contributed by atoms with Crippen LogP contribution in [0.5, 0.6) is 5.88 Å². The first-order valence-corrected chi connectivity index (χ1v) is 9.75. The first-order valence-electron chi connectivity index (χ1n) is 9.75. The quantitative estimate of drug-likeness (QED) is 0.504. The van der Waals surface area contributed by atoms with Crippen LogP contribution >= 0.6 is 0 Å². The van der Waals surface area contributed by atoms with Crippen LogP contribution in [0.2, 0.25) is 0 Å². The number of benzene rings is 2. The van der Waals surface area contributed by atoms with Crippen molar-refractivity contribution in [2.45, 2.75) is 13.2 Å². The van der Waals surface area contributed by atoms with Crippen molar-refractivity contribution in [3.63, 3.8) is 0 Å². The van der Waals surface area contributed by atoms with Gasteiger partial charge in [-0.25, -0.2) is 4.98 Å². The Morgan fingerprint density at radius 2 is 1.65 bits per heavy atom. The van der Waals surface area contributed by atoms with E-state index in [1.54, 1.807) is 42.6 Å². The van der Waals surface area contributed by atoms with Gasteiger partial charge in [0, 0.05) is 24.9 Å². The summed E-state index contributed by atoms with van der Waals surface area (Å²) in [7, 11) is 0. The molecule has 4 rings (SSSR count). The molecule has 0 radical (unpaired) electrons. The Balaban J connectivity index is 1.40. The Labute approximate surface area is 179 Å². The van der Waals surface area contributed by atoms with E-state index >= 15 is 0 Å². The largest absolute Gasteiger partial charge is 0.473 e. The van der Waals surface area contributed by atoms with E-state index < -0.39 is 0 Å². The standard InChI is InChI=1S/C24H20N4O3/c29-23-12-11-21(27-28(23)20-9-5-2-6-10-20)24(30)26-16-19-13-14-25-22(15-19)31-17-18-7-3-1-4-8-18/h1-15H,16-17H2,(H,26,30). The fourth-order valence-corrected chi connectivity index (χ4v) is 2.93. The molecule has 0 aliphatic rings. The molecule has 0 aliphatic carbocycles. The molecule has 0 aliphatic heterocycles.